The second kappa shape index (κ2) is 5.40. The van der Waals surface area contributed by atoms with Gasteiger partial charge in [0.2, 0.25) is 0 Å². The molecule has 5 nitrogen and oxygen atoms in total. The molecule has 1 aliphatic heterocycles. The minimum Gasteiger partial charge on any atom is -0.375 e. The molecule has 0 spiro atoms. The van der Waals surface area contributed by atoms with Gasteiger partial charge in [-0.2, -0.15) is 0 Å². The van der Waals surface area contributed by atoms with E-state index in [9.17, 15) is 4.79 Å². The van der Waals surface area contributed by atoms with E-state index in [1.807, 2.05) is 6.07 Å². The first-order valence-electron chi connectivity index (χ1n) is 7.03. The summed E-state index contributed by atoms with van der Waals surface area (Å²) in [6.45, 7) is 1.16. The summed E-state index contributed by atoms with van der Waals surface area (Å²) in [4.78, 5) is 23.0. The van der Waals surface area contributed by atoms with Crippen LogP contribution in [0.3, 0.4) is 0 Å². The topological polar surface area (TPSA) is 75.0 Å². The Balaban J connectivity index is 1.66. The van der Waals surface area contributed by atoms with Crippen molar-refractivity contribution in [3.05, 3.63) is 44.5 Å². The van der Waals surface area contributed by atoms with Crippen molar-refractivity contribution in [2.24, 2.45) is 0 Å². The van der Waals surface area contributed by atoms with Gasteiger partial charge in [-0.1, -0.05) is 23.2 Å². The van der Waals surface area contributed by atoms with Gasteiger partial charge in [0.1, 0.15) is 5.69 Å². The Kier molecular flexibility index (Phi) is 3.48. The van der Waals surface area contributed by atoms with Crippen molar-refractivity contribution in [2.75, 3.05) is 12.3 Å². The number of amides is 1. The van der Waals surface area contributed by atoms with Gasteiger partial charge in [-0.25, -0.2) is 4.98 Å². The first-order valence-corrected chi connectivity index (χ1v) is 8.60. The predicted octanol–water partition coefficient (Wildman–Crippen LogP) is 3.71. The molecule has 23 heavy (non-hydrogen) atoms. The minimum atomic E-state index is -0.0639. The average Bonchev–Trinajstić information content (AvgIpc) is 3.12. The number of nitrogens with one attached hydrogen (secondary N) is 1. The molecule has 0 saturated heterocycles. The van der Waals surface area contributed by atoms with Crippen LogP contribution in [0, 0.1) is 0 Å². The summed E-state index contributed by atoms with van der Waals surface area (Å²) >= 11 is 13.7. The number of nitrogen functional groups attached to an aromatic ring is 1. The number of hydrogen-bond acceptors (Lipinski definition) is 4. The number of carbonyl (C=O) groups excluding carboxylic acids is 1. The maximum atomic E-state index is 12.8. The second-order valence-corrected chi connectivity index (χ2v) is 7.30. The zero-order valence-electron chi connectivity index (χ0n) is 11.9. The van der Waals surface area contributed by atoms with Crippen LogP contribution in [0.5, 0.6) is 0 Å². The van der Waals surface area contributed by atoms with Crippen LogP contribution in [0.15, 0.2) is 18.2 Å². The fourth-order valence-electron chi connectivity index (χ4n) is 2.82. The van der Waals surface area contributed by atoms with Gasteiger partial charge in [0, 0.05) is 28.7 Å². The van der Waals surface area contributed by atoms with Crippen LogP contribution in [0.1, 0.15) is 21.1 Å². The zero-order valence-corrected chi connectivity index (χ0v) is 14.2. The Morgan fingerprint density at radius 3 is 3.04 bits per heavy atom. The Hall–Kier alpha value is -1.76. The lowest BCUT2D eigenvalue weighted by atomic mass is 10.1. The summed E-state index contributed by atoms with van der Waals surface area (Å²) in [6.07, 6.45) is 0.724. The van der Waals surface area contributed by atoms with Gasteiger partial charge in [-0.3, -0.25) is 4.79 Å². The molecule has 0 aliphatic carbocycles. The zero-order chi connectivity index (χ0) is 16.1. The minimum absolute atomic E-state index is 0.0639. The van der Waals surface area contributed by atoms with Crippen LogP contribution in [-0.2, 0) is 13.0 Å². The van der Waals surface area contributed by atoms with Crippen molar-refractivity contribution in [1.82, 2.24) is 14.9 Å². The summed E-state index contributed by atoms with van der Waals surface area (Å²) in [6, 6.07) is 5.28. The molecule has 0 atom stereocenters. The van der Waals surface area contributed by atoms with E-state index in [0.29, 0.717) is 34.0 Å². The molecule has 1 aliphatic rings. The van der Waals surface area contributed by atoms with Crippen LogP contribution in [0.25, 0.3) is 10.9 Å². The number of fused-ring (bicyclic) bond motifs is 2. The van der Waals surface area contributed by atoms with Crippen molar-refractivity contribution in [3.8, 4) is 0 Å². The number of carbonyl (C=O) groups is 1. The summed E-state index contributed by atoms with van der Waals surface area (Å²) in [5.74, 6) is -0.0639. The third-order valence-corrected chi connectivity index (χ3v) is 5.69. The molecular weight excluding hydrogens is 355 g/mol. The Bertz CT molecular complexity index is 933. The van der Waals surface area contributed by atoms with Crippen LogP contribution in [-0.4, -0.2) is 27.3 Å². The molecule has 2 aromatic heterocycles. The average molecular weight is 367 g/mol. The van der Waals surface area contributed by atoms with Gasteiger partial charge in [0.05, 0.1) is 22.3 Å². The monoisotopic (exact) mass is 366 g/mol. The molecular formula is C15H12Cl2N4OS. The largest absolute Gasteiger partial charge is 0.375 e. The third-order valence-electron chi connectivity index (χ3n) is 3.96. The molecule has 0 unspecified atom stereocenters. The molecule has 0 fully saturated rings. The van der Waals surface area contributed by atoms with Crippen LogP contribution < -0.4 is 5.73 Å². The molecule has 0 bridgehead atoms. The third kappa shape index (κ3) is 2.47. The normalized spacial score (nSPS) is 14.3. The molecule has 8 heteroatoms. The summed E-state index contributed by atoms with van der Waals surface area (Å²) < 4.78 is 0. The summed E-state index contributed by atoms with van der Waals surface area (Å²) in [5, 5.41) is 2.23. The van der Waals surface area contributed by atoms with E-state index in [-0.39, 0.29) is 5.91 Å². The maximum absolute atomic E-state index is 12.8. The highest BCUT2D eigenvalue weighted by molar-refractivity contribution is 7.15. The Morgan fingerprint density at radius 2 is 2.22 bits per heavy atom. The summed E-state index contributed by atoms with van der Waals surface area (Å²) in [7, 11) is 0. The van der Waals surface area contributed by atoms with Crippen molar-refractivity contribution in [2.45, 2.75) is 13.0 Å². The van der Waals surface area contributed by atoms with Crippen LogP contribution >= 0.6 is 34.5 Å². The first kappa shape index (κ1) is 14.8. The molecule has 118 valence electrons. The van der Waals surface area contributed by atoms with E-state index in [1.165, 1.54) is 11.3 Å². The van der Waals surface area contributed by atoms with Crippen LogP contribution in [0.4, 0.5) is 5.13 Å². The summed E-state index contributed by atoms with van der Waals surface area (Å²) in [5.41, 5.74) is 8.04. The highest BCUT2D eigenvalue weighted by Gasteiger charge is 2.25. The Morgan fingerprint density at radius 1 is 1.39 bits per heavy atom. The highest BCUT2D eigenvalue weighted by Crippen LogP contribution is 2.32. The van der Waals surface area contributed by atoms with Gasteiger partial charge < -0.3 is 15.6 Å². The van der Waals surface area contributed by atoms with E-state index in [2.05, 4.69) is 9.97 Å². The van der Waals surface area contributed by atoms with Gasteiger partial charge in [0.25, 0.3) is 5.91 Å². The molecule has 0 saturated carbocycles. The van der Waals surface area contributed by atoms with Crippen molar-refractivity contribution >= 4 is 56.5 Å². The number of thiazole rings is 1. The number of anilines is 1. The smallest absolute Gasteiger partial charge is 0.270 e. The highest BCUT2D eigenvalue weighted by atomic mass is 35.5. The number of aromatic amines is 1. The van der Waals surface area contributed by atoms with Gasteiger partial charge in [-0.05, 0) is 18.2 Å². The van der Waals surface area contributed by atoms with E-state index < -0.39 is 0 Å². The lowest BCUT2D eigenvalue weighted by Gasteiger charge is -2.25. The number of benzene rings is 1. The van der Waals surface area contributed by atoms with Crippen LogP contribution in [0.2, 0.25) is 10.0 Å². The van der Waals surface area contributed by atoms with Gasteiger partial charge in [0.15, 0.2) is 5.13 Å². The molecule has 3 heterocycles. The Labute approximate surface area is 146 Å². The van der Waals surface area contributed by atoms with E-state index in [0.717, 1.165) is 27.9 Å². The number of rotatable bonds is 1. The lowest BCUT2D eigenvalue weighted by Crippen LogP contribution is -2.35. The first-order chi connectivity index (χ1) is 11.0. The lowest BCUT2D eigenvalue weighted by molar-refractivity contribution is 0.0731. The fraction of sp³-hybridized carbons (Fsp3) is 0.200. The number of nitrogens with zero attached hydrogens (tertiary/aromatic N) is 2. The fourth-order valence-corrected chi connectivity index (χ4v) is 4.09. The van der Waals surface area contributed by atoms with E-state index >= 15 is 0 Å². The van der Waals surface area contributed by atoms with Crippen molar-refractivity contribution in [1.29, 1.82) is 0 Å². The molecule has 4 rings (SSSR count). The van der Waals surface area contributed by atoms with E-state index in [1.54, 1.807) is 17.0 Å². The SMILES string of the molecule is Nc1nc2c(s1)CN(C(=O)c1cc3c(Cl)c(Cl)ccc3[nH]1)CC2. The number of nitrogens with two attached hydrogens (primary N) is 1. The van der Waals surface area contributed by atoms with Crippen molar-refractivity contribution in [3.63, 3.8) is 0 Å². The number of halogens is 2. The van der Waals surface area contributed by atoms with Crippen molar-refractivity contribution < 1.29 is 4.79 Å². The number of hydrogen-bond donors (Lipinski definition) is 2. The maximum Gasteiger partial charge on any atom is 0.270 e. The second-order valence-electron chi connectivity index (χ2n) is 5.40. The van der Waals surface area contributed by atoms with Gasteiger partial charge in [-0.15, -0.1) is 11.3 Å². The standard InChI is InChI=1S/C15H12Cl2N4OS/c16-8-1-2-9-7(13(8)17)5-11(19-9)14(22)21-4-3-10-12(6-21)23-15(18)20-10/h1-2,5,19H,3-4,6H2,(H2,18,20). The number of H-pyrrole nitrogens is 1. The predicted molar refractivity (Wildman–Crippen MR) is 93.3 cm³/mol. The molecule has 1 aromatic carbocycles. The quantitative estimate of drug-likeness (QED) is 0.689. The molecule has 3 N–H and O–H groups in total. The van der Waals surface area contributed by atoms with E-state index in [4.69, 9.17) is 28.9 Å². The molecule has 3 aromatic rings. The van der Waals surface area contributed by atoms with Gasteiger partial charge >= 0.3 is 0 Å². The molecule has 0 radical (unpaired) electrons. The number of aromatic nitrogens is 2. The molecule has 1 amide bonds.